The standard InChI is InChI=1S/C29H31F2N3O/c1-2-3-14-32-29(35)33-19-17-24-20(22-8-4-6-10-26(22)30)12-15-34-16-13-21(25(18-19)28(24)34)23-9-5-7-11-27(23)31/h4-11,17-18,20-21H,2-3,12-16H2,1H3,(H2,32,33,35). The van der Waals surface area contributed by atoms with Gasteiger partial charge in [-0.2, -0.15) is 0 Å². The maximum atomic E-state index is 14.9. The van der Waals surface area contributed by atoms with Crippen molar-refractivity contribution in [3.05, 3.63) is 94.6 Å². The zero-order chi connectivity index (χ0) is 24.4. The molecule has 2 atom stereocenters. The van der Waals surface area contributed by atoms with Gasteiger partial charge < -0.3 is 15.5 Å². The molecule has 4 nitrogen and oxygen atoms in total. The fourth-order valence-electron chi connectivity index (χ4n) is 5.58. The number of urea groups is 1. The third-order valence-corrected chi connectivity index (χ3v) is 7.25. The third kappa shape index (κ3) is 4.62. The lowest BCUT2D eigenvalue weighted by atomic mass is 9.76. The molecule has 0 bridgehead atoms. The lowest BCUT2D eigenvalue weighted by Crippen LogP contribution is -2.38. The normalized spacial score (nSPS) is 18.7. The Morgan fingerprint density at radius 3 is 1.94 bits per heavy atom. The van der Waals surface area contributed by atoms with Crippen LogP contribution in [0, 0.1) is 11.6 Å². The second kappa shape index (κ2) is 10.1. The molecule has 0 spiro atoms. The van der Waals surface area contributed by atoms with Gasteiger partial charge in [0.15, 0.2) is 0 Å². The third-order valence-electron chi connectivity index (χ3n) is 7.25. The number of carbonyl (C=O) groups is 1. The number of benzene rings is 3. The first-order chi connectivity index (χ1) is 17.1. The summed E-state index contributed by atoms with van der Waals surface area (Å²) < 4.78 is 29.8. The highest BCUT2D eigenvalue weighted by molar-refractivity contribution is 5.90. The maximum Gasteiger partial charge on any atom is 0.319 e. The van der Waals surface area contributed by atoms with Crippen molar-refractivity contribution < 1.29 is 13.6 Å². The second-order valence-corrected chi connectivity index (χ2v) is 9.45. The Bertz CT molecular complexity index is 1150. The van der Waals surface area contributed by atoms with Crippen molar-refractivity contribution in [2.24, 2.45) is 0 Å². The van der Waals surface area contributed by atoms with Gasteiger partial charge in [-0.05, 0) is 65.8 Å². The maximum absolute atomic E-state index is 14.9. The van der Waals surface area contributed by atoms with Crippen molar-refractivity contribution >= 4 is 17.4 Å². The molecule has 6 heteroatoms. The van der Waals surface area contributed by atoms with Gasteiger partial charge in [0.2, 0.25) is 0 Å². The van der Waals surface area contributed by atoms with E-state index in [2.05, 4.69) is 22.5 Å². The Morgan fingerprint density at radius 1 is 0.886 bits per heavy atom. The van der Waals surface area contributed by atoms with E-state index in [1.54, 1.807) is 12.1 Å². The molecule has 2 N–H and O–H groups in total. The summed E-state index contributed by atoms with van der Waals surface area (Å²) in [5, 5.41) is 5.88. The van der Waals surface area contributed by atoms with E-state index in [-0.39, 0.29) is 29.5 Å². The molecule has 2 heterocycles. The number of amides is 2. The molecule has 0 fully saturated rings. The van der Waals surface area contributed by atoms with Crippen molar-refractivity contribution in [2.45, 2.75) is 44.4 Å². The average molecular weight is 476 g/mol. The van der Waals surface area contributed by atoms with Crippen LogP contribution in [0.5, 0.6) is 0 Å². The molecule has 3 aromatic rings. The van der Waals surface area contributed by atoms with E-state index in [4.69, 9.17) is 0 Å². The summed E-state index contributed by atoms with van der Waals surface area (Å²) in [7, 11) is 0. The molecular weight excluding hydrogens is 444 g/mol. The molecule has 0 radical (unpaired) electrons. The van der Waals surface area contributed by atoms with E-state index in [1.807, 2.05) is 36.4 Å². The van der Waals surface area contributed by atoms with Gasteiger partial charge in [0.05, 0.1) is 0 Å². The molecule has 2 unspecified atom stereocenters. The number of halogens is 2. The SMILES string of the molecule is CCCCNC(=O)Nc1cc2c3c(c1)C(c1ccccc1F)CCN3CCC2c1ccccc1F. The Hall–Kier alpha value is -3.41. The first-order valence-corrected chi connectivity index (χ1v) is 12.5. The lowest BCUT2D eigenvalue weighted by Gasteiger charge is -2.43. The van der Waals surface area contributed by atoms with Crippen LogP contribution in [0.4, 0.5) is 25.0 Å². The highest BCUT2D eigenvalue weighted by atomic mass is 19.1. The summed E-state index contributed by atoms with van der Waals surface area (Å²) in [5.74, 6) is -0.718. The highest BCUT2D eigenvalue weighted by Gasteiger charge is 2.36. The fourth-order valence-corrected chi connectivity index (χ4v) is 5.58. The van der Waals surface area contributed by atoms with E-state index in [0.29, 0.717) is 23.4 Å². The van der Waals surface area contributed by atoms with Gasteiger partial charge >= 0.3 is 6.03 Å². The van der Waals surface area contributed by atoms with Gasteiger partial charge in [-0.25, -0.2) is 13.6 Å². The smallest absolute Gasteiger partial charge is 0.319 e. The van der Waals surface area contributed by atoms with Crippen LogP contribution in [0.15, 0.2) is 60.7 Å². The molecule has 2 aliphatic rings. The van der Waals surface area contributed by atoms with Crippen molar-refractivity contribution in [1.82, 2.24) is 5.32 Å². The number of nitrogens with zero attached hydrogens (tertiary/aromatic N) is 1. The second-order valence-electron chi connectivity index (χ2n) is 9.45. The van der Waals surface area contributed by atoms with Gasteiger partial charge in [0, 0.05) is 42.8 Å². The van der Waals surface area contributed by atoms with Crippen LogP contribution >= 0.6 is 0 Å². The summed E-state index contributed by atoms with van der Waals surface area (Å²) >= 11 is 0. The molecule has 2 aliphatic heterocycles. The molecule has 182 valence electrons. The lowest BCUT2D eigenvalue weighted by molar-refractivity contribution is 0.252. The average Bonchev–Trinajstić information content (AvgIpc) is 2.86. The van der Waals surface area contributed by atoms with Gasteiger partial charge in [0.1, 0.15) is 11.6 Å². The summed E-state index contributed by atoms with van der Waals surface area (Å²) in [6, 6.07) is 17.5. The van der Waals surface area contributed by atoms with Crippen molar-refractivity contribution in [2.75, 3.05) is 29.9 Å². The molecule has 2 amide bonds. The van der Waals surface area contributed by atoms with Gasteiger partial charge in [0.25, 0.3) is 0 Å². The van der Waals surface area contributed by atoms with Crippen LogP contribution in [0.2, 0.25) is 0 Å². The first-order valence-electron chi connectivity index (χ1n) is 12.5. The van der Waals surface area contributed by atoms with Crippen molar-refractivity contribution in [1.29, 1.82) is 0 Å². The minimum absolute atomic E-state index is 0.134. The topological polar surface area (TPSA) is 44.4 Å². The Balaban J connectivity index is 1.62. The number of hydrogen-bond donors (Lipinski definition) is 2. The number of unbranched alkanes of at least 4 members (excludes halogenated alkanes) is 1. The predicted octanol–water partition coefficient (Wildman–Crippen LogP) is 6.76. The largest absolute Gasteiger partial charge is 0.371 e. The minimum atomic E-state index is -0.265. The van der Waals surface area contributed by atoms with Crippen LogP contribution < -0.4 is 15.5 Å². The monoisotopic (exact) mass is 475 g/mol. The molecular formula is C29H31F2N3O. The van der Waals surface area contributed by atoms with Crippen LogP contribution in [-0.4, -0.2) is 25.7 Å². The Morgan fingerprint density at radius 2 is 1.43 bits per heavy atom. The van der Waals surface area contributed by atoms with E-state index in [1.165, 1.54) is 12.1 Å². The highest BCUT2D eigenvalue weighted by Crippen LogP contribution is 2.50. The number of hydrogen-bond acceptors (Lipinski definition) is 2. The van der Waals surface area contributed by atoms with E-state index < -0.39 is 0 Å². The van der Waals surface area contributed by atoms with Gasteiger partial charge in [-0.1, -0.05) is 49.7 Å². The van der Waals surface area contributed by atoms with E-state index in [9.17, 15) is 13.6 Å². The fraction of sp³-hybridized carbons (Fsp3) is 0.345. The minimum Gasteiger partial charge on any atom is -0.371 e. The van der Waals surface area contributed by atoms with Crippen LogP contribution in [-0.2, 0) is 0 Å². The number of anilines is 2. The van der Waals surface area contributed by atoms with E-state index in [0.717, 1.165) is 55.6 Å². The number of carbonyl (C=O) groups excluding carboxylic acids is 1. The van der Waals surface area contributed by atoms with Gasteiger partial charge in [-0.15, -0.1) is 0 Å². The molecule has 0 saturated carbocycles. The summed E-state index contributed by atoms with van der Waals surface area (Å²) in [4.78, 5) is 14.9. The van der Waals surface area contributed by atoms with Crippen LogP contribution in [0.1, 0.15) is 66.7 Å². The molecule has 0 aromatic heterocycles. The first kappa shape index (κ1) is 23.3. The van der Waals surface area contributed by atoms with Gasteiger partial charge in [-0.3, -0.25) is 0 Å². The van der Waals surface area contributed by atoms with Crippen molar-refractivity contribution in [3.8, 4) is 0 Å². The summed E-state index contributed by atoms with van der Waals surface area (Å²) in [5.41, 5.74) is 5.01. The summed E-state index contributed by atoms with van der Waals surface area (Å²) in [6.45, 7) is 4.30. The Labute approximate surface area is 205 Å². The quantitative estimate of drug-likeness (QED) is 0.387. The number of rotatable bonds is 6. The zero-order valence-corrected chi connectivity index (χ0v) is 20.0. The zero-order valence-electron chi connectivity index (χ0n) is 20.0. The predicted molar refractivity (Wildman–Crippen MR) is 136 cm³/mol. The molecule has 0 aliphatic carbocycles. The van der Waals surface area contributed by atoms with Crippen LogP contribution in [0.3, 0.4) is 0 Å². The molecule has 35 heavy (non-hydrogen) atoms. The molecule has 0 saturated heterocycles. The Kier molecular flexibility index (Phi) is 6.71. The molecule has 5 rings (SSSR count). The summed E-state index contributed by atoms with van der Waals surface area (Å²) in [6.07, 6.45) is 3.46. The molecule has 3 aromatic carbocycles. The van der Waals surface area contributed by atoms with Crippen molar-refractivity contribution in [3.63, 3.8) is 0 Å². The van der Waals surface area contributed by atoms with E-state index >= 15 is 0 Å². The number of nitrogens with one attached hydrogen (secondary N) is 2. The van der Waals surface area contributed by atoms with Crippen LogP contribution in [0.25, 0.3) is 0 Å².